The zero-order valence-corrected chi connectivity index (χ0v) is 17.5. The lowest BCUT2D eigenvalue weighted by Gasteiger charge is -2.14. The van der Waals surface area contributed by atoms with Crippen LogP contribution in [-0.2, 0) is 6.54 Å². The Labute approximate surface area is 172 Å². The van der Waals surface area contributed by atoms with Crippen molar-refractivity contribution in [1.82, 2.24) is 14.4 Å². The van der Waals surface area contributed by atoms with Gasteiger partial charge >= 0.3 is 0 Å². The molecule has 4 rings (SSSR count). The highest BCUT2D eigenvalue weighted by molar-refractivity contribution is 5.85. The van der Waals surface area contributed by atoms with Crippen LogP contribution in [0.15, 0.2) is 55.0 Å². The Morgan fingerprint density at radius 2 is 1.71 bits per heavy atom. The van der Waals surface area contributed by atoms with E-state index in [2.05, 4.69) is 78.9 Å². The van der Waals surface area contributed by atoms with Gasteiger partial charge in [-0.15, -0.1) is 12.4 Å². The van der Waals surface area contributed by atoms with E-state index in [4.69, 9.17) is 4.98 Å². The smallest absolute Gasteiger partial charge is 0.160 e. The molecule has 0 aliphatic heterocycles. The molecule has 4 nitrogen and oxygen atoms in total. The fourth-order valence-electron chi connectivity index (χ4n) is 3.50. The van der Waals surface area contributed by atoms with E-state index < -0.39 is 0 Å². The summed E-state index contributed by atoms with van der Waals surface area (Å²) in [4.78, 5) is 9.06. The molecule has 3 aromatic heterocycles. The minimum Gasteiger partial charge on any atom is -0.378 e. The van der Waals surface area contributed by atoms with Gasteiger partial charge in [0.1, 0.15) is 0 Å². The lowest BCUT2D eigenvalue weighted by atomic mass is 10.0. The highest BCUT2D eigenvalue weighted by atomic mass is 35.5. The molecule has 28 heavy (non-hydrogen) atoms. The summed E-state index contributed by atoms with van der Waals surface area (Å²) >= 11 is 0. The van der Waals surface area contributed by atoms with E-state index in [0.29, 0.717) is 0 Å². The molecular formula is C23H25ClN4. The summed E-state index contributed by atoms with van der Waals surface area (Å²) in [6.45, 7) is 9.26. The summed E-state index contributed by atoms with van der Waals surface area (Å²) in [6, 6.07) is 12.7. The Bertz CT molecular complexity index is 1100. The molecule has 4 aromatic rings. The average Bonchev–Trinajstić information content (AvgIpc) is 2.96. The maximum atomic E-state index is 4.79. The van der Waals surface area contributed by atoms with Crippen LogP contribution in [0.1, 0.15) is 28.1 Å². The number of aryl methyl sites for hydroxylation is 4. The minimum absolute atomic E-state index is 0. The van der Waals surface area contributed by atoms with Crippen LogP contribution in [0, 0.1) is 27.7 Å². The summed E-state index contributed by atoms with van der Waals surface area (Å²) in [5, 5.41) is 3.63. The first-order chi connectivity index (χ1) is 13.0. The Morgan fingerprint density at radius 3 is 2.39 bits per heavy atom. The SMILES string of the molecule is Cc1cccc(C)c1CNc1cc(-c2cccnc2)cn2c(C)c(C)nc12.Cl. The molecule has 0 spiro atoms. The number of aromatic nitrogens is 3. The van der Waals surface area contributed by atoms with Crippen molar-refractivity contribution in [2.75, 3.05) is 5.32 Å². The first-order valence-electron chi connectivity index (χ1n) is 9.23. The van der Waals surface area contributed by atoms with Crippen molar-refractivity contribution < 1.29 is 0 Å². The predicted molar refractivity (Wildman–Crippen MR) is 118 cm³/mol. The molecule has 5 heteroatoms. The normalized spacial score (nSPS) is 10.7. The van der Waals surface area contributed by atoms with Crippen LogP contribution in [0.2, 0.25) is 0 Å². The quantitative estimate of drug-likeness (QED) is 0.487. The van der Waals surface area contributed by atoms with E-state index in [9.17, 15) is 0 Å². The lowest BCUT2D eigenvalue weighted by molar-refractivity contribution is 1.07. The largest absolute Gasteiger partial charge is 0.378 e. The summed E-state index contributed by atoms with van der Waals surface area (Å²) in [5.74, 6) is 0. The third-order valence-corrected chi connectivity index (χ3v) is 5.29. The highest BCUT2D eigenvalue weighted by Crippen LogP contribution is 2.28. The van der Waals surface area contributed by atoms with Crippen molar-refractivity contribution in [2.45, 2.75) is 34.2 Å². The van der Waals surface area contributed by atoms with Gasteiger partial charge in [-0.1, -0.05) is 24.3 Å². The van der Waals surface area contributed by atoms with Crippen LogP contribution in [0.25, 0.3) is 16.8 Å². The van der Waals surface area contributed by atoms with Crippen LogP contribution in [-0.4, -0.2) is 14.4 Å². The summed E-state index contributed by atoms with van der Waals surface area (Å²) in [5.41, 5.74) is 10.4. The molecule has 0 aliphatic carbocycles. The molecule has 1 N–H and O–H groups in total. The highest BCUT2D eigenvalue weighted by Gasteiger charge is 2.12. The second-order valence-electron chi connectivity index (χ2n) is 7.08. The molecule has 0 atom stereocenters. The van der Waals surface area contributed by atoms with E-state index in [-0.39, 0.29) is 12.4 Å². The molecule has 0 radical (unpaired) electrons. The monoisotopic (exact) mass is 392 g/mol. The average molecular weight is 393 g/mol. The fraction of sp³-hybridized carbons (Fsp3) is 0.217. The lowest BCUT2D eigenvalue weighted by Crippen LogP contribution is -2.05. The van der Waals surface area contributed by atoms with E-state index in [1.165, 1.54) is 16.7 Å². The molecule has 0 unspecified atom stereocenters. The molecule has 0 amide bonds. The van der Waals surface area contributed by atoms with Crippen LogP contribution in [0.5, 0.6) is 0 Å². The van der Waals surface area contributed by atoms with Gasteiger partial charge in [-0.3, -0.25) is 4.98 Å². The summed E-state index contributed by atoms with van der Waals surface area (Å²) in [6.07, 6.45) is 5.84. The van der Waals surface area contributed by atoms with E-state index in [0.717, 1.165) is 40.4 Å². The minimum atomic E-state index is 0. The molecule has 0 saturated carbocycles. The number of nitrogens with zero attached hydrogens (tertiary/aromatic N) is 3. The third-order valence-electron chi connectivity index (χ3n) is 5.29. The first-order valence-corrected chi connectivity index (χ1v) is 9.23. The van der Waals surface area contributed by atoms with E-state index in [1.54, 1.807) is 6.20 Å². The van der Waals surface area contributed by atoms with E-state index >= 15 is 0 Å². The number of fused-ring (bicyclic) bond motifs is 1. The second kappa shape index (κ2) is 8.03. The molecule has 0 aliphatic rings. The number of imidazole rings is 1. The topological polar surface area (TPSA) is 42.2 Å². The Hall–Kier alpha value is -2.85. The number of anilines is 1. The Balaban J connectivity index is 0.00000225. The van der Waals surface area contributed by atoms with Gasteiger partial charge in [0.15, 0.2) is 5.65 Å². The number of rotatable bonds is 4. The van der Waals surface area contributed by atoms with Crippen molar-refractivity contribution in [1.29, 1.82) is 0 Å². The maximum absolute atomic E-state index is 4.79. The molecule has 0 bridgehead atoms. The number of nitrogens with one attached hydrogen (secondary N) is 1. The van der Waals surface area contributed by atoms with Crippen molar-refractivity contribution in [3.8, 4) is 11.1 Å². The molecule has 0 fully saturated rings. The molecule has 1 aromatic carbocycles. The van der Waals surface area contributed by atoms with Crippen molar-refractivity contribution in [3.05, 3.63) is 83.1 Å². The van der Waals surface area contributed by atoms with Gasteiger partial charge in [-0.2, -0.15) is 0 Å². The van der Waals surface area contributed by atoms with Gasteiger partial charge in [0.25, 0.3) is 0 Å². The van der Waals surface area contributed by atoms with Gasteiger partial charge in [0.05, 0.1) is 11.4 Å². The number of hydrogen-bond donors (Lipinski definition) is 1. The van der Waals surface area contributed by atoms with Gasteiger partial charge in [0.2, 0.25) is 0 Å². The number of halogens is 1. The second-order valence-corrected chi connectivity index (χ2v) is 7.08. The van der Waals surface area contributed by atoms with Gasteiger partial charge in [0, 0.05) is 42.0 Å². The summed E-state index contributed by atoms with van der Waals surface area (Å²) in [7, 11) is 0. The maximum Gasteiger partial charge on any atom is 0.160 e. The third kappa shape index (κ3) is 3.60. The van der Waals surface area contributed by atoms with Crippen molar-refractivity contribution >= 4 is 23.7 Å². The van der Waals surface area contributed by atoms with Gasteiger partial charge < -0.3 is 9.72 Å². The first kappa shape index (κ1) is 19.9. The van der Waals surface area contributed by atoms with Crippen LogP contribution < -0.4 is 5.32 Å². The van der Waals surface area contributed by atoms with Crippen molar-refractivity contribution in [2.24, 2.45) is 0 Å². The fourth-order valence-corrected chi connectivity index (χ4v) is 3.50. The molecule has 3 heterocycles. The number of hydrogen-bond acceptors (Lipinski definition) is 3. The standard InChI is InChI=1S/C23H24N4.ClH/c1-15-7-5-8-16(2)21(15)13-25-22-11-20(19-9-6-10-24-12-19)14-27-18(4)17(3)26-23(22)27;/h5-12,14,25H,13H2,1-4H3;1H. The molecule has 144 valence electrons. The van der Waals surface area contributed by atoms with Gasteiger partial charge in [-0.05, 0) is 56.5 Å². The number of pyridine rings is 2. The Morgan fingerprint density at radius 1 is 0.964 bits per heavy atom. The van der Waals surface area contributed by atoms with Crippen LogP contribution in [0.3, 0.4) is 0 Å². The number of benzene rings is 1. The zero-order valence-electron chi connectivity index (χ0n) is 16.7. The Kier molecular flexibility index (Phi) is 5.71. The van der Waals surface area contributed by atoms with Crippen molar-refractivity contribution in [3.63, 3.8) is 0 Å². The summed E-state index contributed by atoms with van der Waals surface area (Å²) < 4.78 is 2.17. The zero-order chi connectivity index (χ0) is 19.0. The molecular weight excluding hydrogens is 368 g/mol. The predicted octanol–water partition coefficient (Wildman–Crippen LogP) is 5.66. The van der Waals surface area contributed by atoms with Gasteiger partial charge in [-0.25, -0.2) is 4.98 Å². The molecule has 0 saturated heterocycles. The van der Waals surface area contributed by atoms with E-state index in [1.807, 2.05) is 12.3 Å². The van der Waals surface area contributed by atoms with Crippen LogP contribution in [0.4, 0.5) is 5.69 Å². The van der Waals surface area contributed by atoms with Crippen LogP contribution >= 0.6 is 12.4 Å².